The largest absolute Gasteiger partial charge is 0.497 e. The summed E-state index contributed by atoms with van der Waals surface area (Å²) >= 11 is 0. The second-order valence-corrected chi connectivity index (χ2v) is 8.89. The van der Waals surface area contributed by atoms with Crippen molar-refractivity contribution in [3.8, 4) is 28.3 Å². The van der Waals surface area contributed by atoms with Crippen LogP contribution in [0, 0.1) is 5.82 Å². The summed E-state index contributed by atoms with van der Waals surface area (Å²) in [6, 6.07) is 17.0. The maximum Gasteiger partial charge on any atom is 0.123 e. The monoisotopic (exact) mass is 471 g/mol. The maximum atomic E-state index is 13.9. The Morgan fingerprint density at radius 2 is 1.69 bits per heavy atom. The molecule has 1 fully saturated rings. The number of nitrogens with one attached hydrogen (secondary N) is 1. The summed E-state index contributed by atoms with van der Waals surface area (Å²) in [5.41, 5.74) is 6.23. The lowest BCUT2D eigenvalue weighted by Gasteiger charge is -2.26. The Kier molecular flexibility index (Phi) is 5.41. The minimum Gasteiger partial charge on any atom is -0.497 e. The highest BCUT2D eigenvalue weighted by atomic mass is 19.1. The molecule has 0 amide bonds. The molecule has 2 aromatic heterocycles. The number of nitrogens with zero attached hydrogens (tertiary/aromatic N) is 2. The van der Waals surface area contributed by atoms with E-state index in [1.54, 1.807) is 14.2 Å². The molecule has 0 bridgehead atoms. The smallest absolute Gasteiger partial charge is 0.123 e. The van der Waals surface area contributed by atoms with Gasteiger partial charge in [0.15, 0.2) is 0 Å². The van der Waals surface area contributed by atoms with Gasteiger partial charge in [0.25, 0.3) is 0 Å². The number of methoxy groups -OCH3 is 2. The van der Waals surface area contributed by atoms with Gasteiger partial charge in [0.05, 0.1) is 31.4 Å². The average molecular weight is 472 g/mol. The minimum atomic E-state index is -0.257. The number of halogens is 1. The summed E-state index contributed by atoms with van der Waals surface area (Å²) < 4.78 is 33.1. The van der Waals surface area contributed by atoms with Gasteiger partial charge in [-0.05, 0) is 66.9 Å². The molecule has 35 heavy (non-hydrogen) atoms. The van der Waals surface area contributed by atoms with Crippen LogP contribution in [0.1, 0.15) is 24.5 Å². The quantitative estimate of drug-likeness (QED) is 0.330. The molecule has 0 radical (unpaired) electrons. The minimum absolute atomic E-state index is 0.257. The van der Waals surface area contributed by atoms with Crippen molar-refractivity contribution in [2.75, 3.05) is 27.4 Å². The first-order chi connectivity index (χ1) is 17.2. The van der Waals surface area contributed by atoms with Gasteiger partial charge >= 0.3 is 0 Å². The van der Waals surface area contributed by atoms with Crippen LogP contribution in [0.3, 0.4) is 0 Å². The van der Waals surface area contributed by atoms with Crippen LogP contribution in [0.15, 0.2) is 60.8 Å². The first-order valence-corrected chi connectivity index (χ1v) is 11.7. The number of hydrogen-bond donors (Lipinski definition) is 1. The molecule has 178 valence electrons. The molecule has 5 aromatic rings. The highest BCUT2D eigenvalue weighted by molar-refractivity contribution is 6.06. The van der Waals surface area contributed by atoms with Crippen molar-refractivity contribution in [3.05, 3.63) is 72.3 Å². The number of benzene rings is 3. The van der Waals surface area contributed by atoms with Crippen molar-refractivity contribution in [2.45, 2.75) is 18.8 Å². The van der Waals surface area contributed by atoms with Crippen molar-refractivity contribution in [2.24, 2.45) is 0 Å². The molecular weight excluding hydrogens is 445 g/mol. The fraction of sp³-hybridized carbons (Fsp3) is 0.250. The molecule has 0 unspecified atom stereocenters. The zero-order valence-corrected chi connectivity index (χ0v) is 19.7. The van der Waals surface area contributed by atoms with Gasteiger partial charge in [0, 0.05) is 52.9 Å². The molecule has 0 aliphatic carbocycles. The van der Waals surface area contributed by atoms with Crippen molar-refractivity contribution in [1.82, 2.24) is 14.8 Å². The van der Waals surface area contributed by atoms with E-state index in [1.807, 2.05) is 36.5 Å². The van der Waals surface area contributed by atoms with Gasteiger partial charge in [-0.15, -0.1) is 0 Å². The molecular formula is C28H26FN3O3. The summed E-state index contributed by atoms with van der Waals surface area (Å²) in [5.74, 6) is 1.46. The number of ether oxygens (including phenoxy) is 3. The number of rotatable bonds is 5. The number of H-pyrrole nitrogens is 1. The molecule has 1 saturated heterocycles. The first-order valence-electron chi connectivity index (χ1n) is 11.7. The van der Waals surface area contributed by atoms with Crippen LogP contribution in [0.25, 0.3) is 38.6 Å². The molecule has 6 rings (SSSR count). The average Bonchev–Trinajstić information content (AvgIpc) is 3.49. The van der Waals surface area contributed by atoms with E-state index in [0.29, 0.717) is 13.2 Å². The normalized spacial score (nSPS) is 14.6. The van der Waals surface area contributed by atoms with Gasteiger partial charge in [-0.3, -0.25) is 5.10 Å². The van der Waals surface area contributed by atoms with Gasteiger partial charge in [0.2, 0.25) is 0 Å². The van der Waals surface area contributed by atoms with E-state index in [9.17, 15) is 4.39 Å². The Balaban J connectivity index is 1.75. The molecule has 1 aliphatic heterocycles. The fourth-order valence-corrected chi connectivity index (χ4v) is 5.23. The lowest BCUT2D eigenvalue weighted by Crippen LogP contribution is -2.17. The maximum absolute atomic E-state index is 13.9. The number of aromatic nitrogens is 3. The Morgan fingerprint density at radius 3 is 2.37 bits per heavy atom. The van der Waals surface area contributed by atoms with Gasteiger partial charge < -0.3 is 18.8 Å². The van der Waals surface area contributed by atoms with E-state index in [2.05, 4.69) is 26.9 Å². The Labute approximate surface area is 202 Å². The predicted molar refractivity (Wildman–Crippen MR) is 134 cm³/mol. The van der Waals surface area contributed by atoms with E-state index in [0.717, 1.165) is 63.0 Å². The van der Waals surface area contributed by atoms with Crippen LogP contribution in [-0.4, -0.2) is 42.2 Å². The van der Waals surface area contributed by atoms with Crippen molar-refractivity contribution < 1.29 is 18.6 Å². The summed E-state index contributed by atoms with van der Waals surface area (Å²) in [5, 5.41) is 9.47. The Morgan fingerprint density at radius 1 is 0.971 bits per heavy atom. The summed E-state index contributed by atoms with van der Waals surface area (Å²) in [6.07, 6.45) is 3.65. The van der Waals surface area contributed by atoms with Gasteiger partial charge in [-0.25, -0.2) is 4.39 Å². The fourth-order valence-electron chi connectivity index (χ4n) is 5.23. The highest BCUT2D eigenvalue weighted by Crippen LogP contribution is 2.46. The molecule has 0 atom stereocenters. The van der Waals surface area contributed by atoms with Gasteiger partial charge in [-0.2, -0.15) is 5.10 Å². The summed E-state index contributed by atoms with van der Waals surface area (Å²) in [6.45, 7) is 1.42. The lowest BCUT2D eigenvalue weighted by atomic mass is 9.89. The third kappa shape index (κ3) is 3.72. The van der Waals surface area contributed by atoms with Crippen molar-refractivity contribution in [1.29, 1.82) is 0 Å². The van der Waals surface area contributed by atoms with Gasteiger partial charge in [0.1, 0.15) is 17.3 Å². The van der Waals surface area contributed by atoms with Crippen LogP contribution in [0.4, 0.5) is 4.39 Å². The van der Waals surface area contributed by atoms with Crippen LogP contribution in [-0.2, 0) is 4.74 Å². The molecule has 3 aromatic carbocycles. The van der Waals surface area contributed by atoms with Crippen LogP contribution < -0.4 is 9.47 Å². The second-order valence-electron chi connectivity index (χ2n) is 8.89. The molecule has 3 heterocycles. The molecule has 1 aliphatic rings. The van der Waals surface area contributed by atoms with Crippen molar-refractivity contribution >= 4 is 21.8 Å². The van der Waals surface area contributed by atoms with E-state index < -0.39 is 0 Å². The Bertz CT molecular complexity index is 1490. The number of hydrogen-bond acceptors (Lipinski definition) is 4. The summed E-state index contributed by atoms with van der Waals surface area (Å²) in [4.78, 5) is 0. The zero-order valence-electron chi connectivity index (χ0n) is 19.7. The van der Waals surface area contributed by atoms with Crippen LogP contribution in [0.5, 0.6) is 11.5 Å². The molecule has 0 saturated carbocycles. The van der Waals surface area contributed by atoms with Crippen LogP contribution >= 0.6 is 0 Å². The van der Waals surface area contributed by atoms with E-state index in [-0.39, 0.29) is 11.7 Å². The van der Waals surface area contributed by atoms with Crippen molar-refractivity contribution in [3.63, 3.8) is 0 Å². The number of aromatic amines is 1. The highest BCUT2D eigenvalue weighted by Gasteiger charge is 2.28. The second kappa shape index (κ2) is 8.74. The van der Waals surface area contributed by atoms with Crippen LogP contribution in [0.2, 0.25) is 0 Å². The lowest BCUT2D eigenvalue weighted by molar-refractivity contribution is 0.0843. The topological polar surface area (TPSA) is 61.3 Å². The predicted octanol–water partition coefficient (Wildman–Crippen LogP) is 6.22. The zero-order chi connectivity index (χ0) is 23.9. The molecule has 0 spiro atoms. The van der Waals surface area contributed by atoms with E-state index in [1.165, 1.54) is 17.8 Å². The molecule has 7 heteroatoms. The molecule has 6 nitrogen and oxygen atoms in total. The Hall–Kier alpha value is -3.84. The standard InChI is InChI=1S/C28H26FN3O3/c1-33-22-11-18(12-23(14-22)34-2)27-24-15-25-19(16-30-31-25)13-26(24)32(21-5-3-20(29)4-6-21)28(27)17-7-9-35-10-8-17/h3-6,11-17H,7-10H2,1-2H3,(H,30,31). The third-order valence-corrected chi connectivity index (χ3v) is 6.90. The van der Waals surface area contributed by atoms with E-state index >= 15 is 0 Å². The van der Waals surface area contributed by atoms with Gasteiger partial charge in [-0.1, -0.05) is 0 Å². The summed E-state index contributed by atoms with van der Waals surface area (Å²) in [7, 11) is 3.32. The SMILES string of the molecule is COc1cc(OC)cc(-c2c(C3CCOCC3)n(-c3ccc(F)cc3)c3cc4cn[nH]c4cc23)c1. The number of fused-ring (bicyclic) bond motifs is 2. The third-order valence-electron chi connectivity index (χ3n) is 6.90. The van der Waals surface area contributed by atoms with E-state index in [4.69, 9.17) is 14.2 Å². The molecule has 1 N–H and O–H groups in total. The first kappa shape index (κ1) is 21.7.